The van der Waals surface area contributed by atoms with E-state index < -0.39 is 12.0 Å². The third-order valence-electron chi connectivity index (χ3n) is 3.13. The molecule has 106 valence electrons. The predicted octanol–water partition coefficient (Wildman–Crippen LogP) is 2.30. The number of nitrogens with one attached hydrogen (secondary N) is 1. The van der Waals surface area contributed by atoms with Gasteiger partial charge in [0.05, 0.1) is 5.69 Å². The van der Waals surface area contributed by atoms with Crippen LogP contribution in [0, 0.1) is 6.92 Å². The van der Waals surface area contributed by atoms with Gasteiger partial charge in [-0.25, -0.2) is 0 Å². The lowest BCUT2D eigenvalue weighted by molar-refractivity contribution is -0.139. The highest BCUT2D eigenvalue weighted by atomic mass is 35.5. The molecule has 0 spiro atoms. The van der Waals surface area contributed by atoms with E-state index in [1.807, 2.05) is 25.1 Å². The maximum Gasteiger partial charge on any atom is 0.325 e. The first-order valence-corrected chi connectivity index (χ1v) is 6.57. The topological polar surface area (TPSA) is 67.2 Å². The summed E-state index contributed by atoms with van der Waals surface area (Å²) in [6.07, 6.45) is 0. The standard InChI is InChI=1S/C14H16ClN3O2/c1-9-11(13(15)18(2)17-9)8-16-12(14(19)20)10-6-4-3-5-7-10/h3-7,12,16H,8H2,1-2H3,(H,19,20). The van der Waals surface area contributed by atoms with Crippen molar-refractivity contribution in [3.8, 4) is 0 Å². The highest BCUT2D eigenvalue weighted by molar-refractivity contribution is 6.30. The zero-order valence-corrected chi connectivity index (χ0v) is 12.1. The lowest BCUT2D eigenvalue weighted by atomic mass is 10.1. The number of aryl methyl sites for hydroxylation is 2. The Balaban J connectivity index is 2.16. The largest absolute Gasteiger partial charge is 0.480 e. The van der Waals surface area contributed by atoms with Gasteiger partial charge in [-0.15, -0.1) is 0 Å². The maximum absolute atomic E-state index is 11.4. The van der Waals surface area contributed by atoms with E-state index in [0.29, 0.717) is 17.3 Å². The van der Waals surface area contributed by atoms with Crippen LogP contribution in [-0.2, 0) is 18.4 Å². The Morgan fingerprint density at radius 1 is 1.45 bits per heavy atom. The monoisotopic (exact) mass is 293 g/mol. The van der Waals surface area contributed by atoms with Crippen LogP contribution in [0.1, 0.15) is 22.9 Å². The molecule has 1 atom stereocenters. The van der Waals surface area contributed by atoms with E-state index in [1.165, 1.54) is 0 Å². The van der Waals surface area contributed by atoms with Gasteiger partial charge in [0.25, 0.3) is 0 Å². The molecule has 0 amide bonds. The molecule has 0 aliphatic heterocycles. The van der Waals surface area contributed by atoms with E-state index in [4.69, 9.17) is 11.6 Å². The Labute approximate surface area is 122 Å². The number of aromatic nitrogens is 2. The molecule has 0 saturated carbocycles. The number of halogens is 1. The van der Waals surface area contributed by atoms with Gasteiger partial charge in [0.15, 0.2) is 0 Å². The molecule has 1 aromatic heterocycles. The SMILES string of the molecule is Cc1nn(C)c(Cl)c1CNC(C(=O)O)c1ccccc1. The number of rotatable bonds is 5. The van der Waals surface area contributed by atoms with Gasteiger partial charge in [0, 0.05) is 19.2 Å². The quantitative estimate of drug-likeness (QED) is 0.888. The Kier molecular flexibility index (Phi) is 4.42. The van der Waals surface area contributed by atoms with E-state index in [9.17, 15) is 9.90 Å². The number of benzene rings is 1. The van der Waals surface area contributed by atoms with Gasteiger partial charge >= 0.3 is 5.97 Å². The summed E-state index contributed by atoms with van der Waals surface area (Å²) in [5.74, 6) is -0.922. The number of carboxylic acids is 1. The number of carboxylic acid groups (broad SMARTS) is 1. The Bertz CT molecular complexity index is 610. The van der Waals surface area contributed by atoms with Gasteiger partial charge < -0.3 is 5.11 Å². The van der Waals surface area contributed by atoms with E-state index in [0.717, 1.165) is 11.3 Å². The fourth-order valence-electron chi connectivity index (χ4n) is 2.07. The van der Waals surface area contributed by atoms with Crippen LogP contribution < -0.4 is 5.32 Å². The molecule has 1 heterocycles. The molecule has 6 heteroatoms. The second-order valence-corrected chi connectivity index (χ2v) is 4.90. The average Bonchev–Trinajstić information content (AvgIpc) is 2.66. The van der Waals surface area contributed by atoms with Crippen LogP contribution in [0.2, 0.25) is 5.15 Å². The summed E-state index contributed by atoms with van der Waals surface area (Å²) in [7, 11) is 1.75. The first-order valence-electron chi connectivity index (χ1n) is 6.19. The third-order valence-corrected chi connectivity index (χ3v) is 3.61. The number of carbonyl (C=O) groups is 1. The number of aliphatic carboxylic acids is 1. The van der Waals surface area contributed by atoms with Crippen LogP contribution in [0.25, 0.3) is 0 Å². The summed E-state index contributed by atoms with van der Waals surface area (Å²) in [6, 6.07) is 8.27. The number of nitrogens with zero attached hydrogens (tertiary/aromatic N) is 2. The summed E-state index contributed by atoms with van der Waals surface area (Å²) >= 11 is 6.14. The molecule has 2 aromatic rings. The minimum atomic E-state index is -0.922. The predicted molar refractivity (Wildman–Crippen MR) is 76.6 cm³/mol. The first kappa shape index (κ1) is 14.6. The smallest absolute Gasteiger partial charge is 0.325 e. The molecule has 5 nitrogen and oxygen atoms in total. The zero-order chi connectivity index (χ0) is 14.7. The molecule has 1 aromatic carbocycles. The fourth-order valence-corrected chi connectivity index (χ4v) is 2.31. The van der Waals surface area contributed by atoms with E-state index in [2.05, 4.69) is 10.4 Å². The second kappa shape index (κ2) is 6.07. The number of hydrogen-bond donors (Lipinski definition) is 2. The molecule has 1 unspecified atom stereocenters. The maximum atomic E-state index is 11.4. The molecule has 0 saturated heterocycles. The number of hydrogen-bond acceptors (Lipinski definition) is 3. The normalized spacial score (nSPS) is 12.3. The Morgan fingerprint density at radius 3 is 2.60 bits per heavy atom. The highest BCUT2D eigenvalue weighted by Gasteiger charge is 2.20. The summed E-state index contributed by atoms with van der Waals surface area (Å²) in [5.41, 5.74) is 2.32. The lowest BCUT2D eigenvalue weighted by Gasteiger charge is -2.14. The zero-order valence-electron chi connectivity index (χ0n) is 11.3. The molecule has 0 aliphatic carbocycles. The van der Waals surface area contributed by atoms with Gasteiger partial charge in [-0.2, -0.15) is 5.10 Å². The van der Waals surface area contributed by atoms with Crippen molar-refractivity contribution in [3.05, 3.63) is 52.3 Å². The van der Waals surface area contributed by atoms with Gasteiger partial charge in [-0.3, -0.25) is 14.8 Å². The molecule has 0 bridgehead atoms. The van der Waals surface area contributed by atoms with Crippen molar-refractivity contribution in [2.75, 3.05) is 0 Å². The summed E-state index contributed by atoms with van der Waals surface area (Å²) in [4.78, 5) is 11.4. The third kappa shape index (κ3) is 3.00. The minimum Gasteiger partial charge on any atom is -0.480 e. The minimum absolute atomic E-state index is 0.352. The van der Waals surface area contributed by atoms with Crippen molar-refractivity contribution in [2.24, 2.45) is 7.05 Å². The van der Waals surface area contributed by atoms with Crippen molar-refractivity contribution in [1.29, 1.82) is 0 Å². The van der Waals surface area contributed by atoms with Crippen LogP contribution in [0.3, 0.4) is 0 Å². The van der Waals surface area contributed by atoms with Crippen LogP contribution in [0.4, 0.5) is 0 Å². The first-order chi connectivity index (χ1) is 9.50. The molecular formula is C14H16ClN3O2. The van der Waals surface area contributed by atoms with Crippen molar-refractivity contribution in [1.82, 2.24) is 15.1 Å². The average molecular weight is 294 g/mol. The van der Waals surface area contributed by atoms with Crippen molar-refractivity contribution >= 4 is 17.6 Å². The fraction of sp³-hybridized carbons (Fsp3) is 0.286. The molecule has 0 fully saturated rings. The van der Waals surface area contributed by atoms with Crippen molar-refractivity contribution < 1.29 is 9.90 Å². The Hall–Kier alpha value is -1.85. The van der Waals surface area contributed by atoms with E-state index in [1.54, 1.807) is 23.9 Å². The lowest BCUT2D eigenvalue weighted by Crippen LogP contribution is -2.28. The van der Waals surface area contributed by atoms with E-state index in [-0.39, 0.29) is 0 Å². The second-order valence-electron chi connectivity index (χ2n) is 4.54. The molecular weight excluding hydrogens is 278 g/mol. The molecule has 2 rings (SSSR count). The molecule has 2 N–H and O–H groups in total. The van der Waals surface area contributed by atoms with E-state index >= 15 is 0 Å². The highest BCUT2D eigenvalue weighted by Crippen LogP contribution is 2.20. The van der Waals surface area contributed by atoms with Gasteiger partial charge in [-0.1, -0.05) is 41.9 Å². The summed E-state index contributed by atoms with van der Waals surface area (Å²) in [6.45, 7) is 2.20. The van der Waals surface area contributed by atoms with Crippen LogP contribution in [0.5, 0.6) is 0 Å². The Morgan fingerprint density at radius 2 is 2.10 bits per heavy atom. The van der Waals surface area contributed by atoms with Crippen molar-refractivity contribution in [2.45, 2.75) is 19.5 Å². The molecule has 20 heavy (non-hydrogen) atoms. The summed E-state index contributed by atoms with van der Waals surface area (Å²) in [5, 5.41) is 17.1. The van der Waals surface area contributed by atoms with Gasteiger partial charge in [0.2, 0.25) is 0 Å². The van der Waals surface area contributed by atoms with Gasteiger partial charge in [-0.05, 0) is 12.5 Å². The van der Waals surface area contributed by atoms with Crippen LogP contribution >= 0.6 is 11.6 Å². The van der Waals surface area contributed by atoms with Crippen LogP contribution in [0.15, 0.2) is 30.3 Å². The van der Waals surface area contributed by atoms with Gasteiger partial charge in [0.1, 0.15) is 11.2 Å². The molecule has 0 aliphatic rings. The van der Waals surface area contributed by atoms with Crippen molar-refractivity contribution in [3.63, 3.8) is 0 Å². The van der Waals surface area contributed by atoms with Crippen LogP contribution in [-0.4, -0.2) is 20.9 Å². The summed E-state index contributed by atoms with van der Waals surface area (Å²) < 4.78 is 1.58. The molecule has 0 radical (unpaired) electrons.